The van der Waals surface area contributed by atoms with Gasteiger partial charge in [0.05, 0.1) is 57.1 Å². The molecular weight excluding hydrogens is 362 g/mol. The van der Waals surface area contributed by atoms with Gasteiger partial charge in [0.2, 0.25) is 0 Å². The SMILES string of the molecule is CCCCOC(=O)CCOC1=C(C)NC(C)=C(OCCC(=O)OCCCC)C1. The Kier molecular flexibility index (Phi) is 11.9. The van der Waals surface area contributed by atoms with Gasteiger partial charge in [-0.15, -0.1) is 0 Å². The summed E-state index contributed by atoms with van der Waals surface area (Å²) in [5.74, 6) is 0.959. The molecule has 1 rings (SSSR count). The van der Waals surface area contributed by atoms with Crippen molar-refractivity contribution in [1.82, 2.24) is 5.32 Å². The van der Waals surface area contributed by atoms with Crippen LogP contribution in [0.15, 0.2) is 22.9 Å². The molecule has 0 aromatic rings. The highest BCUT2D eigenvalue weighted by molar-refractivity contribution is 5.69. The number of esters is 2. The first-order valence-corrected chi connectivity index (χ1v) is 10.2. The molecule has 0 amide bonds. The second kappa shape index (κ2) is 13.9. The van der Waals surface area contributed by atoms with E-state index in [9.17, 15) is 9.59 Å². The van der Waals surface area contributed by atoms with Crippen molar-refractivity contribution in [2.45, 2.75) is 72.6 Å². The van der Waals surface area contributed by atoms with Crippen molar-refractivity contribution in [1.29, 1.82) is 0 Å². The average molecular weight is 398 g/mol. The van der Waals surface area contributed by atoms with Gasteiger partial charge in [-0.1, -0.05) is 26.7 Å². The van der Waals surface area contributed by atoms with Crippen molar-refractivity contribution in [2.24, 2.45) is 0 Å². The van der Waals surface area contributed by atoms with Crippen molar-refractivity contribution in [2.75, 3.05) is 26.4 Å². The fourth-order valence-electron chi connectivity index (χ4n) is 2.47. The first-order valence-electron chi connectivity index (χ1n) is 10.2. The molecular formula is C21H35NO6. The van der Waals surface area contributed by atoms with Crippen molar-refractivity contribution >= 4 is 11.9 Å². The third kappa shape index (κ3) is 9.67. The van der Waals surface area contributed by atoms with Crippen molar-refractivity contribution in [3.8, 4) is 0 Å². The number of allylic oxidation sites excluding steroid dienone is 2. The van der Waals surface area contributed by atoms with E-state index in [4.69, 9.17) is 18.9 Å². The second-order valence-electron chi connectivity index (χ2n) is 6.74. The summed E-state index contributed by atoms with van der Waals surface area (Å²) < 4.78 is 21.7. The zero-order valence-electron chi connectivity index (χ0n) is 17.7. The normalized spacial score (nSPS) is 13.9. The minimum Gasteiger partial charge on any atom is -0.495 e. The van der Waals surface area contributed by atoms with Crippen LogP contribution >= 0.6 is 0 Å². The summed E-state index contributed by atoms with van der Waals surface area (Å²) in [6, 6.07) is 0. The van der Waals surface area contributed by atoms with E-state index in [2.05, 4.69) is 5.32 Å². The molecule has 160 valence electrons. The molecule has 0 fully saturated rings. The number of hydrogen-bond donors (Lipinski definition) is 1. The molecule has 1 aliphatic heterocycles. The highest BCUT2D eigenvalue weighted by atomic mass is 16.5. The second-order valence-corrected chi connectivity index (χ2v) is 6.74. The Hall–Kier alpha value is -2.18. The number of dihydropyridines is 1. The predicted octanol–water partition coefficient (Wildman–Crippen LogP) is 3.94. The highest BCUT2D eigenvalue weighted by Crippen LogP contribution is 2.24. The van der Waals surface area contributed by atoms with Gasteiger partial charge in [-0.25, -0.2) is 0 Å². The molecule has 0 aliphatic carbocycles. The first kappa shape index (κ1) is 23.9. The largest absolute Gasteiger partial charge is 0.495 e. The number of carbonyl (C=O) groups excluding carboxylic acids is 2. The first-order chi connectivity index (χ1) is 13.5. The van der Waals surface area contributed by atoms with E-state index in [1.165, 1.54) is 0 Å². The summed E-state index contributed by atoms with van der Waals surface area (Å²) >= 11 is 0. The minimum atomic E-state index is -0.250. The number of unbranched alkanes of at least 4 members (excludes halogenated alkanes) is 2. The molecule has 0 unspecified atom stereocenters. The molecule has 28 heavy (non-hydrogen) atoms. The minimum absolute atomic E-state index is 0.211. The molecule has 7 heteroatoms. The Morgan fingerprint density at radius 1 is 0.786 bits per heavy atom. The van der Waals surface area contributed by atoms with Crippen LogP contribution in [0, 0.1) is 0 Å². The summed E-state index contributed by atoms with van der Waals surface area (Å²) in [4.78, 5) is 23.3. The maximum Gasteiger partial charge on any atom is 0.309 e. The molecule has 0 aromatic heterocycles. The molecule has 1 N–H and O–H groups in total. The molecule has 0 atom stereocenters. The Morgan fingerprint density at radius 3 is 1.61 bits per heavy atom. The highest BCUT2D eigenvalue weighted by Gasteiger charge is 2.19. The Morgan fingerprint density at radius 2 is 1.21 bits per heavy atom. The van der Waals surface area contributed by atoms with Gasteiger partial charge in [-0.2, -0.15) is 0 Å². The van der Waals surface area contributed by atoms with E-state index in [0.29, 0.717) is 19.6 Å². The molecule has 1 aliphatic rings. The molecule has 0 radical (unpaired) electrons. The van der Waals surface area contributed by atoms with Gasteiger partial charge in [-0.3, -0.25) is 9.59 Å². The quantitative estimate of drug-likeness (QED) is 0.351. The fourth-order valence-corrected chi connectivity index (χ4v) is 2.47. The zero-order chi connectivity index (χ0) is 20.8. The van der Waals surface area contributed by atoms with E-state index < -0.39 is 0 Å². The van der Waals surface area contributed by atoms with E-state index in [1.54, 1.807) is 0 Å². The summed E-state index contributed by atoms with van der Waals surface area (Å²) in [5, 5.41) is 3.22. The zero-order valence-corrected chi connectivity index (χ0v) is 17.7. The molecule has 0 aromatic carbocycles. The maximum absolute atomic E-state index is 11.6. The third-order valence-corrected chi connectivity index (χ3v) is 4.22. The molecule has 0 saturated heterocycles. The summed E-state index contributed by atoms with van der Waals surface area (Å²) in [6.45, 7) is 9.36. The van der Waals surface area contributed by atoms with Gasteiger partial charge in [0.25, 0.3) is 0 Å². The summed E-state index contributed by atoms with van der Waals surface area (Å²) in [5.41, 5.74) is 1.78. The van der Waals surface area contributed by atoms with Gasteiger partial charge in [0, 0.05) is 0 Å². The van der Waals surface area contributed by atoms with E-state index >= 15 is 0 Å². The Balaban J connectivity index is 2.33. The van der Waals surface area contributed by atoms with Crippen LogP contribution in [0.3, 0.4) is 0 Å². The number of carbonyl (C=O) groups is 2. The van der Waals surface area contributed by atoms with Crippen LogP contribution < -0.4 is 5.32 Å². The lowest BCUT2D eigenvalue weighted by molar-refractivity contribution is -0.145. The number of hydrogen-bond acceptors (Lipinski definition) is 7. The van der Waals surface area contributed by atoms with Crippen LogP contribution in [0.1, 0.15) is 72.6 Å². The fraction of sp³-hybridized carbons (Fsp3) is 0.714. The summed E-state index contributed by atoms with van der Waals surface area (Å²) in [7, 11) is 0. The topological polar surface area (TPSA) is 83.1 Å². The van der Waals surface area contributed by atoms with E-state index in [-0.39, 0.29) is 38.0 Å². The van der Waals surface area contributed by atoms with Gasteiger partial charge in [-0.05, 0) is 26.7 Å². The van der Waals surface area contributed by atoms with E-state index in [0.717, 1.165) is 48.6 Å². The molecule has 0 spiro atoms. The maximum atomic E-state index is 11.6. The van der Waals surface area contributed by atoms with Gasteiger partial charge in [0.1, 0.15) is 11.5 Å². The Bertz CT molecular complexity index is 519. The van der Waals surface area contributed by atoms with Crippen molar-refractivity contribution in [3.05, 3.63) is 22.9 Å². The monoisotopic (exact) mass is 397 g/mol. The van der Waals surface area contributed by atoms with Crippen LogP contribution in [0.4, 0.5) is 0 Å². The standard InChI is InChI=1S/C21H35NO6/c1-5-7-11-27-20(23)9-13-25-18-15-19(17(4)22-16(18)3)26-14-10-21(24)28-12-8-6-2/h22H,5-15H2,1-4H3. The lowest BCUT2D eigenvalue weighted by Gasteiger charge is -2.24. The lowest BCUT2D eigenvalue weighted by Crippen LogP contribution is -2.22. The third-order valence-electron chi connectivity index (χ3n) is 4.22. The number of rotatable bonds is 14. The molecule has 7 nitrogen and oxygen atoms in total. The predicted molar refractivity (Wildman–Crippen MR) is 106 cm³/mol. The van der Waals surface area contributed by atoms with Crippen LogP contribution in [-0.2, 0) is 28.5 Å². The van der Waals surface area contributed by atoms with Gasteiger partial charge < -0.3 is 24.3 Å². The van der Waals surface area contributed by atoms with Gasteiger partial charge >= 0.3 is 11.9 Å². The average Bonchev–Trinajstić information content (AvgIpc) is 2.65. The van der Waals surface area contributed by atoms with Crippen molar-refractivity contribution < 1.29 is 28.5 Å². The number of nitrogens with one attached hydrogen (secondary N) is 1. The van der Waals surface area contributed by atoms with Gasteiger partial charge in [0.15, 0.2) is 0 Å². The molecule has 1 heterocycles. The van der Waals surface area contributed by atoms with Crippen LogP contribution in [0.5, 0.6) is 0 Å². The number of ether oxygens (including phenoxy) is 4. The Labute approximate surface area is 168 Å². The smallest absolute Gasteiger partial charge is 0.309 e. The lowest BCUT2D eigenvalue weighted by atomic mass is 10.1. The van der Waals surface area contributed by atoms with Crippen LogP contribution in [0.25, 0.3) is 0 Å². The molecule has 0 saturated carbocycles. The molecule has 0 bridgehead atoms. The van der Waals surface area contributed by atoms with Crippen LogP contribution in [-0.4, -0.2) is 38.4 Å². The summed E-state index contributed by atoms with van der Waals surface area (Å²) in [6.07, 6.45) is 4.64. The van der Waals surface area contributed by atoms with E-state index in [1.807, 2.05) is 27.7 Å². The van der Waals surface area contributed by atoms with Crippen LogP contribution in [0.2, 0.25) is 0 Å². The van der Waals surface area contributed by atoms with Crippen molar-refractivity contribution in [3.63, 3.8) is 0 Å².